The highest BCUT2D eigenvalue weighted by Crippen LogP contribution is 2.32. The highest BCUT2D eigenvalue weighted by Gasteiger charge is 2.25. The average molecular weight is 298 g/mol. The number of ether oxygens (including phenoxy) is 2. The van der Waals surface area contributed by atoms with Gasteiger partial charge >= 0.3 is 5.97 Å². The number of benzene rings is 2. The monoisotopic (exact) mass is 298 g/mol. The third kappa shape index (κ3) is 1.94. The smallest absolute Gasteiger partial charge is 0.337 e. The van der Waals surface area contributed by atoms with Crippen LogP contribution in [0.3, 0.4) is 0 Å². The van der Waals surface area contributed by atoms with E-state index in [2.05, 4.69) is 0 Å². The standard InChI is InChI=1S/C17H15NO4/c1-18-12-5-4-6-14(22-3)16(12)15(17(19)20)11-8-7-10(21-2)9-13(11)18/h4-9H,1-3H3/p+1. The Balaban J connectivity index is 2.61. The van der Waals surface area contributed by atoms with Gasteiger partial charge in [0.15, 0.2) is 0 Å². The highest BCUT2D eigenvalue weighted by molar-refractivity contribution is 6.14. The largest absolute Gasteiger partial charge is 0.497 e. The van der Waals surface area contributed by atoms with Crippen LogP contribution in [-0.2, 0) is 7.05 Å². The van der Waals surface area contributed by atoms with E-state index in [0.29, 0.717) is 22.3 Å². The minimum Gasteiger partial charge on any atom is -0.497 e. The van der Waals surface area contributed by atoms with Gasteiger partial charge in [0.1, 0.15) is 23.9 Å². The van der Waals surface area contributed by atoms with Crippen LogP contribution in [0.5, 0.6) is 11.5 Å². The Hall–Kier alpha value is -2.82. The molecule has 0 bridgehead atoms. The molecule has 1 aromatic heterocycles. The summed E-state index contributed by atoms with van der Waals surface area (Å²) in [5.74, 6) is 0.246. The van der Waals surface area contributed by atoms with Gasteiger partial charge in [-0.3, -0.25) is 0 Å². The van der Waals surface area contributed by atoms with E-state index in [0.717, 1.165) is 11.0 Å². The van der Waals surface area contributed by atoms with Crippen molar-refractivity contribution in [2.75, 3.05) is 14.2 Å². The van der Waals surface area contributed by atoms with Crippen molar-refractivity contribution in [2.24, 2.45) is 7.05 Å². The number of rotatable bonds is 3. The number of aromatic carboxylic acids is 1. The molecule has 1 N–H and O–H groups in total. The Morgan fingerprint density at radius 1 is 1.09 bits per heavy atom. The maximum Gasteiger partial charge on any atom is 0.337 e. The van der Waals surface area contributed by atoms with Gasteiger partial charge in [0, 0.05) is 6.07 Å². The second-order valence-corrected chi connectivity index (χ2v) is 4.98. The van der Waals surface area contributed by atoms with Crippen molar-refractivity contribution in [1.82, 2.24) is 0 Å². The Morgan fingerprint density at radius 3 is 2.50 bits per heavy atom. The third-order valence-corrected chi connectivity index (χ3v) is 3.88. The van der Waals surface area contributed by atoms with Crippen LogP contribution >= 0.6 is 0 Å². The van der Waals surface area contributed by atoms with Gasteiger partial charge in [0.25, 0.3) is 0 Å². The maximum absolute atomic E-state index is 11.9. The first kappa shape index (κ1) is 14.1. The van der Waals surface area contributed by atoms with E-state index >= 15 is 0 Å². The lowest BCUT2D eigenvalue weighted by Gasteiger charge is -2.11. The van der Waals surface area contributed by atoms with E-state index in [-0.39, 0.29) is 5.56 Å². The highest BCUT2D eigenvalue weighted by atomic mass is 16.5. The minimum atomic E-state index is -0.981. The lowest BCUT2D eigenvalue weighted by Crippen LogP contribution is -2.31. The van der Waals surface area contributed by atoms with Crippen LogP contribution in [-0.4, -0.2) is 25.3 Å². The quantitative estimate of drug-likeness (QED) is 0.596. The molecular weight excluding hydrogens is 282 g/mol. The zero-order chi connectivity index (χ0) is 15.9. The van der Waals surface area contributed by atoms with Crippen LogP contribution in [0.15, 0.2) is 36.4 Å². The molecule has 0 atom stereocenters. The van der Waals surface area contributed by atoms with Crippen molar-refractivity contribution in [1.29, 1.82) is 0 Å². The van der Waals surface area contributed by atoms with E-state index in [9.17, 15) is 9.90 Å². The van der Waals surface area contributed by atoms with Crippen LogP contribution < -0.4 is 14.0 Å². The number of fused-ring (bicyclic) bond motifs is 2. The lowest BCUT2D eigenvalue weighted by atomic mass is 10.0. The molecule has 0 amide bonds. The maximum atomic E-state index is 11.9. The van der Waals surface area contributed by atoms with Gasteiger partial charge in [-0.2, -0.15) is 4.57 Å². The number of methoxy groups -OCH3 is 2. The van der Waals surface area contributed by atoms with Crippen LogP contribution in [0.4, 0.5) is 0 Å². The SMILES string of the molecule is COc1ccc2c(C(=O)O)c3c(OC)cccc3[n+](C)c2c1. The molecule has 0 unspecified atom stereocenters. The molecule has 0 spiro atoms. The fourth-order valence-corrected chi connectivity index (χ4v) is 2.83. The van der Waals surface area contributed by atoms with E-state index in [4.69, 9.17) is 9.47 Å². The first-order valence-electron chi connectivity index (χ1n) is 6.78. The molecule has 3 aromatic rings. The number of carboxylic acids is 1. The van der Waals surface area contributed by atoms with E-state index in [1.165, 1.54) is 0 Å². The van der Waals surface area contributed by atoms with Crippen LogP contribution in [0.25, 0.3) is 21.8 Å². The molecular formula is C17H16NO4+. The summed E-state index contributed by atoms with van der Waals surface area (Å²) < 4.78 is 12.6. The summed E-state index contributed by atoms with van der Waals surface area (Å²) in [7, 11) is 5.02. The number of carboxylic acid groups (broad SMARTS) is 1. The summed E-state index contributed by atoms with van der Waals surface area (Å²) in [4.78, 5) is 11.9. The predicted molar refractivity (Wildman–Crippen MR) is 82.7 cm³/mol. The summed E-state index contributed by atoms with van der Waals surface area (Å²) in [6, 6.07) is 10.9. The topological polar surface area (TPSA) is 59.6 Å². The van der Waals surface area contributed by atoms with Crippen LogP contribution in [0.2, 0.25) is 0 Å². The third-order valence-electron chi connectivity index (χ3n) is 3.88. The van der Waals surface area contributed by atoms with Gasteiger partial charge in [0.2, 0.25) is 11.0 Å². The van der Waals surface area contributed by atoms with E-state index in [1.54, 1.807) is 32.4 Å². The van der Waals surface area contributed by atoms with Crippen molar-refractivity contribution < 1.29 is 23.9 Å². The number of hydrogen-bond donors (Lipinski definition) is 1. The summed E-state index contributed by atoms with van der Waals surface area (Å²) in [5, 5.41) is 11.0. The second-order valence-electron chi connectivity index (χ2n) is 4.98. The number of aromatic nitrogens is 1. The average Bonchev–Trinajstić information content (AvgIpc) is 2.54. The lowest BCUT2D eigenvalue weighted by molar-refractivity contribution is -0.617. The molecule has 0 saturated carbocycles. The Bertz CT molecular complexity index is 898. The minimum absolute atomic E-state index is 0.239. The van der Waals surface area contributed by atoms with Gasteiger partial charge in [0.05, 0.1) is 31.2 Å². The predicted octanol–water partition coefficient (Wildman–Crippen LogP) is 2.53. The van der Waals surface area contributed by atoms with Crippen molar-refractivity contribution in [2.45, 2.75) is 0 Å². The molecule has 2 aromatic carbocycles. The molecule has 0 radical (unpaired) electrons. The molecule has 0 aliphatic heterocycles. The molecule has 1 heterocycles. The number of hydrogen-bond acceptors (Lipinski definition) is 3. The number of carbonyl (C=O) groups is 1. The second kappa shape index (κ2) is 5.18. The normalized spacial score (nSPS) is 10.9. The Kier molecular flexibility index (Phi) is 3.33. The zero-order valence-electron chi connectivity index (χ0n) is 12.6. The molecule has 0 saturated heterocycles. The number of aryl methyl sites for hydroxylation is 1. The fourth-order valence-electron chi connectivity index (χ4n) is 2.83. The molecule has 5 nitrogen and oxygen atoms in total. The summed E-state index contributed by atoms with van der Waals surface area (Å²) in [6.45, 7) is 0. The van der Waals surface area contributed by atoms with Crippen molar-refractivity contribution in [3.63, 3.8) is 0 Å². The van der Waals surface area contributed by atoms with Crippen molar-refractivity contribution in [3.05, 3.63) is 42.0 Å². The first-order valence-corrected chi connectivity index (χ1v) is 6.78. The number of nitrogens with zero attached hydrogens (tertiary/aromatic N) is 1. The molecule has 0 aliphatic rings. The van der Waals surface area contributed by atoms with Crippen LogP contribution in [0, 0.1) is 0 Å². The zero-order valence-corrected chi connectivity index (χ0v) is 12.6. The molecule has 112 valence electrons. The van der Waals surface area contributed by atoms with E-state index in [1.807, 2.05) is 29.8 Å². The van der Waals surface area contributed by atoms with Gasteiger partial charge in [-0.1, -0.05) is 6.07 Å². The molecule has 22 heavy (non-hydrogen) atoms. The first-order chi connectivity index (χ1) is 10.6. The van der Waals surface area contributed by atoms with Crippen molar-refractivity contribution in [3.8, 4) is 11.5 Å². The number of pyridine rings is 1. The van der Waals surface area contributed by atoms with Gasteiger partial charge in [-0.05, 0) is 18.2 Å². The van der Waals surface area contributed by atoms with Gasteiger partial charge in [-0.15, -0.1) is 0 Å². The molecule has 0 aliphatic carbocycles. The molecule has 0 fully saturated rings. The molecule has 5 heteroatoms. The van der Waals surface area contributed by atoms with Crippen molar-refractivity contribution >= 4 is 27.8 Å². The fraction of sp³-hybridized carbons (Fsp3) is 0.176. The van der Waals surface area contributed by atoms with Gasteiger partial charge in [-0.25, -0.2) is 4.79 Å². The van der Waals surface area contributed by atoms with E-state index < -0.39 is 5.97 Å². The Morgan fingerprint density at radius 2 is 1.86 bits per heavy atom. The molecule has 3 rings (SSSR count). The summed E-state index contributed by atoms with van der Waals surface area (Å²) in [6.07, 6.45) is 0. The Labute approximate surface area is 127 Å². The summed E-state index contributed by atoms with van der Waals surface area (Å²) in [5.41, 5.74) is 1.82. The summed E-state index contributed by atoms with van der Waals surface area (Å²) >= 11 is 0. The van der Waals surface area contributed by atoms with Crippen LogP contribution in [0.1, 0.15) is 10.4 Å². The van der Waals surface area contributed by atoms with Gasteiger partial charge < -0.3 is 14.6 Å².